The molecule has 1 aliphatic heterocycles. The summed E-state index contributed by atoms with van der Waals surface area (Å²) < 4.78 is 39.6. The topological polar surface area (TPSA) is 32.5 Å². The van der Waals surface area contributed by atoms with Crippen molar-refractivity contribution in [3.05, 3.63) is 53.6 Å². The van der Waals surface area contributed by atoms with Crippen molar-refractivity contribution in [2.45, 2.75) is 19.2 Å². The first kappa shape index (κ1) is 15.8. The number of hydroxylamine groups is 2. The second-order valence-corrected chi connectivity index (χ2v) is 5.50. The molecular weight excluding hydrogens is 307 g/mol. The molecular formula is C17H16F3NO2. The monoisotopic (exact) mass is 323 g/mol. The number of hydrogen-bond acceptors (Lipinski definition) is 3. The summed E-state index contributed by atoms with van der Waals surface area (Å²) in [4.78, 5) is 5.61. The molecule has 0 spiro atoms. The number of phenols is 1. The van der Waals surface area contributed by atoms with E-state index in [1.54, 1.807) is 17.2 Å². The molecule has 1 atom stereocenters. The highest BCUT2D eigenvalue weighted by atomic mass is 19.4. The lowest BCUT2D eigenvalue weighted by Crippen LogP contribution is -2.08. The van der Waals surface area contributed by atoms with Crippen molar-refractivity contribution in [1.29, 1.82) is 0 Å². The van der Waals surface area contributed by atoms with E-state index in [-0.39, 0.29) is 23.0 Å². The van der Waals surface area contributed by atoms with Crippen LogP contribution in [0.3, 0.4) is 0 Å². The molecule has 1 saturated heterocycles. The summed E-state index contributed by atoms with van der Waals surface area (Å²) in [6.07, 6.45) is -4.78. The van der Waals surface area contributed by atoms with Crippen LogP contribution in [0, 0.1) is 0 Å². The number of aromatic hydroxyl groups is 1. The number of rotatable bonds is 4. The number of alkyl halides is 3. The maximum atomic E-state index is 13.2. The molecule has 1 aliphatic rings. The first-order valence-electron chi connectivity index (χ1n) is 7.27. The predicted octanol–water partition coefficient (Wildman–Crippen LogP) is 4.39. The highest BCUT2D eigenvalue weighted by Gasteiger charge is 2.34. The summed E-state index contributed by atoms with van der Waals surface area (Å²) in [5.74, 6) is -0.190. The molecule has 3 rings (SSSR count). The van der Waals surface area contributed by atoms with Gasteiger partial charge in [0.25, 0.3) is 0 Å². The molecule has 0 bridgehead atoms. The number of halogens is 3. The van der Waals surface area contributed by atoms with Crippen LogP contribution in [-0.2, 0) is 11.0 Å². The molecule has 23 heavy (non-hydrogen) atoms. The largest absolute Gasteiger partial charge is 0.507 e. The Bertz CT molecular complexity index is 711. The molecule has 0 aromatic heterocycles. The van der Waals surface area contributed by atoms with Gasteiger partial charge in [0.15, 0.2) is 0 Å². The van der Waals surface area contributed by atoms with Crippen LogP contribution in [0.2, 0.25) is 0 Å². The van der Waals surface area contributed by atoms with E-state index in [1.807, 2.05) is 6.92 Å². The van der Waals surface area contributed by atoms with Gasteiger partial charge in [0, 0.05) is 18.7 Å². The van der Waals surface area contributed by atoms with Crippen molar-refractivity contribution in [1.82, 2.24) is 5.06 Å². The summed E-state index contributed by atoms with van der Waals surface area (Å²) in [7, 11) is 0. The third kappa shape index (κ3) is 3.48. The van der Waals surface area contributed by atoms with E-state index >= 15 is 0 Å². The third-order valence-electron chi connectivity index (χ3n) is 3.73. The minimum atomic E-state index is -4.49. The fourth-order valence-corrected chi connectivity index (χ4v) is 2.42. The van der Waals surface area contributed by atoms with Gasteiger partial charge in [-0.15, -0.1) is 0 Å². The fourth-order valence-electron chi connectivity index (χ4n) is 2.42. The van der Waals surface area contributed by atoms with Crippen LogP contribution in [0.25, 0.3) is 11.1 Å². The highest BCUT2D eigenvalue weighted by molar-refractivity contribution is 5.74. The average molecular weight is 323 g/mol. The minimum absolute atomic E-state index is 0.0433. The van der Waals surface area contributed by atoms with E-state index < -0.39 is 11.7 Å². The highest BCUT2D eigenvalue weighted by Crippen LogP contribution is 2.41. The predicted molar refractivity (Wildman–Crippen MR) is 79.6 cm³/mol. The number of benzene rings is 2. The van der Waals surface area contributed by atoms with Crippen LogP contribution in [0.1, 0.15) is 24.2 Å². The molecule has 0 saturated carbocycles. The molecule has 3 nitrogen and oxygen atoms in total. The normalized spacial score (nSPS) is 16.3. The second kappa shape index (κ2) is 5.86. The molecule has 2 aromatic rings. The number of hydrogen-bond donors (Lipinski definition) is 1. The number of phenolic OH excluding ortho intramolecular Hbond substituents is 1. The lowest BCUT2D eigenvalue weighted by atomic mass is 9.96. The van der Waals surface area contributed by atoms with Crippen molar-refractivity contribution < 1.29 is 23.1 Å². The molecule has 1 unspecified atom stereocenters. The Hall–Kier alpha value is -2.05. The summed E-state index contributed by atoms with van der Waals surface area (Å²) >= 11 is 0. The van der Waals surface area contributed by atoms with Crippen LogP contribution in [0.15, 0.2) is 42.5 Å². The Morgan fingerprint density at radius 3 is 2.43 bits per heavy atom. The lowest BCUT2D eigenvalue weighted by Gasteiger charge is -2.17. The Morgan fingerprint density at radius 1 is 1.09 bits per heavy atom. The van der Waals surface area contributed by atoms with Crippen LogP contribution >= 0.6 is 0 Å². The van der Waals surface area contributed by atoms with Gasteiger partial charge in [-0.1, -0.05) is 24.3 Å². The molecule has 0 radical (unpaired) electrons. The molecule has 0 amide bonds. The van der Waals surface area contributed by atoms with Gasteiger partial charge in [-0.25, -0.2) is 0 Å². The maximum Gasteiger partial charge on any atom is 0.417 e. The van der Waals surface area contributed by atoms with E-state index in [9.17, 15) is 18.3 Å². The smallest absolute Gasteiger partial charge is 0.417 e. The van der Waals surface area contributed by atoms with Gasteiger partial charge in [0.05, 0.1) is 5.56 Å². The Kier molecular flexibility index (Phi) is 4.04. The summed E-state index contributed by atoms with van der Waals surface area (Å²) in [6.45, 7) is 3.53. The van der Waals surface area contributed by atoms with Crippen LogP contribution < -0.4 is 0 Å². The summed E-state index contributed by atoms with van der Waals surface area (Å²) in [5, 5.41) is 11.8. The SMILES string of the molecule is CC(ON1CC1)c1ccc(O)c(-c2ccccc2C(F)(F)F)c1. The number of nitrogens with zero attached hydrogens (tertiary/aromatic N) is 1. The zero-order valence-corrected chi connectivity index (χ0v) is 12.5. The van der Waals surface area contributed by atoms with Crippen molar-refractivity contribution >= 4 is 0 Å². The van der Waals surface area contributed by atoms with E-state index in [2.05, 4.69) is 0 Å². The zero-order valence-electron chi connectivity index (χ0n) is 12.5. The molecule has 6 heteroatoms. The van der Waals surface area contributed by atoms with Gasteiger partial charge in [-0.2, -0.15) is 18.2 Å². The van der Waals surface area contributed by atoms with Crippen LogP contribution in [-0.4, -0.2) is 23.3 Å². The van der Waals surface area contributed by atoms with Crippen molar-refractivity contribution in [3.8, 4) is 16.9 Å². The minimum Gasteiger partial charge on any atom is -0.507 e. The Morgan fingerprint density at radius 2 is 1.78 bits per heavy atom. The first-order valence-corrected chi connectivity index (χ1v) is 7.27. The zero-order chi connectivity index (χ0) is 16.6. The second-order valence-electron chi connectivity index (χ2n) is 5.50. The van der Waals surface area contributed by atoms with E-state index in [0.717, 1.165) is 19.2 Å². The average Bonchev–Trinajstić information content (AvgIpc) is 3.31. The quantitative estimate of drug-likeness (QED) is 0.847. The lowest BCUT2D eigenvalue weighted by molar-refractivity contribution is -0.137. The van der Waals surface area contributed by atoms with Crippen LogP contribution in [0.5, 0.6) is 5.75 Å². The van der Waals surface area contributed by atoms with Gasteiger partial charge >= 0.3 is 6.18 Å². The first-order chi connectivity index (χ1) is 10.9. The van der Waals surface area contributed by atoms with Gasteiger partial charge in [0.1, 0.15) is 11.9 Å². The van der Waals surface area contributed by atoms with Crippen molar-refractivity contribution in [2.24, 2.45) is 0 Å². The molecule has 0 aliphatic carbocycles. The van der Waals surface area contributed by atoms with Gasteiger partial charge in [-0.3, -0.25) is 4.84 Å². The van der Waals surface area contributed by atoms with E-state index in [4.69, 9.17) is 4.84 Å². The van der Waals surface area contributed by atoms with E-state index in [1.165, 1.54) is 24.3 Å². The van der Waals surface area contributed by atoms with Gasteiger partial charge in [0.2, 0.25) is 0 Å². The molecule has 1 heterocycles. The summed E-state index contributed by atoms with van der Waals surface area (Å²) in [6, 6.07) is 9.83. The Labute approximate surface area is 131 Å². The van der Waals surface area contributed by atoms with Gasteiger partial charge < -0.3 is 5.11 Å². The molecule has 1 N–H and O–H groups in total. The van der Waals surface area contributed by atoms with Gasteiger partial charge in [-0.05, 0) is 36.2 Å². The van der Waals surface area contributed by atoms with E-state index in [0.29, 0.717) is 5.56 Å². The maximum absolute atomic E-state index is 13.2. The molecule has 1 fully saturated rings. The Balaban J connectivity index is 2.02. The van der Waals surface area contributed by atoms with Crippen LogP contribution in [0.4, 0.5) is 13.2 Å². The molecule has 2 aromatic carbocycles. The fraction of sp³-hybridized carbons (Fsp3) is 0.294. The van der Waals surface area contributed by atoms with Crippen molar-refractivity contribution in [3.63, 3.8) is 0 Å². The third-order valence-corrected chi connectivity index (χ3v) is 3.73. The summed E-state index contributed by atoms with van der Waals surface area (Å²) in [5.41, 5.74) is 0.0450. The molecule has 122 valence electrons. The van der Waals surface area contributed by atoms with Crippen molar-refractivity contribution in [2.75, 3.05) is 13.1 Å². The standard InChI is InChI=1S/C17H16F3NO2/c1-11(23-21-8-9-21)12-6-7-16(22)14(10-12)13-4-2-3-5-15(13)17(18,19)20/h2-7,10-11,22H,8-9H2,1H3.